The number of rotatable bonds is 6. The predicted molar refractivity (Wildman–Crippen MR) is 56.5 cm³/mol. The Balaban J connectivity index is 3.78. The minimum absolute atomic E-state index is 0.796. The Morgan fingerprint density at radius 2 is 1.75 bits per heavy atom. The lowest BCUT2D eigenvalue weighted by molar-refractivity contribution is 0.207. The van der Waals surface area contributed by atoms with Gasteiger partial charge < -0.3 is 4.90 Å². The molecular weight excluding hydrogens is 146 g/mol. The highest BCUT2D eigenvalue weighted by atomic mass is 15.1. The molecule has 0 saturated heterocycles. The summed E-state index contributed by atoms with van der Waals surface area (Å²) < 4.78 is 0. The summed E-state index contributed by atoms with van der Waals surface area (Å²) in [6.07, 6.45) is 3.90. The summed E-state index contributed by atoms with van der Waals surface area (Å²) in [4.78, 5) is 2.50. The maximum atomic E-state index is 2.50. The van der Waals surface area contributed by atoms with E-state index in [1.807, 2.05) is 0 Å². The normalized spacial score (nSPS) is 14.2. The molecule has 0 aromatic heterocycles. The van der Waals surface area contributed by atoms with E-state index in [0.717, 1.165) is 12.0 Å². The lowest BCUT2D eigenvalue weighted by Gasteiger charge is -2.28. The number of hydrogen-bond donors (Lipinski definition) is 0. The van der Waals surface area contributed by atoms with Crippen molar-refractivity contribution in [1.29, 1.82) is 0 Å². The molecule has 0 aromatic carbocycles. The zero-order chi connectivity index (χ0) is 9.56. The molecule has 1 nitrogen and oxygen atoms in total. The van der Waals surface area contributed by atoms with Crippen LogP contribution in [0.4, 0.5) is 0 Å². The zero-order valence-electron chi connectivity index (χ0n) is 9.43. The first-order valence-corrected chi connectivity index (χ1v) is 5.32. The highest BCUT2D eigenvalue weighted by Crippen LogP contribution is 2.13. The van der Waals surface area contributed by atoms with Gasteiger partial charge in [0.1, 0.15) is 0 Å². The van der Waals surface area contributed by atoms with Crippen LogP contribution < -0.4 is 0 Å². The summed E-state index contributed by atoms with van der Waals surface area (Å²) in [5.74, 6) is 0.828. The smallest absolute Gasteiger partial charge is 0.00920 e. The van der Waals surface area contributed by atoms with Crippen LogP contribution in [0.1, 0.15) is 47.0 Å². The molecular formula is C11H25N. The molecule has 0 rings (SSSR count). The third-order valence-corrected chi connectivity index (χ3v) is 2.41. The van der Waals surface area contributed by atoms with Gasteiger partial charge in [-0.25, -0.2) is 0 Å². The summed E-state index contributed by atoms with van der Waals surface area (Å²) in [6.45, 7) is 10.4. The summed E-state index contributed by atoms with van der Waals surface area (Å²) >= 11 is 0. The van der Waals surface area contributed by atoms with Crippen LogP contribution in [0.3, 0.4) is 0 Å². The van der Waals surface area contributed by atoms with Gasteiger partial charge in [-0.2, -0.15) is 0 Å². The molecule has 0 aliphatic carbocycles. The van der Waals surface area contributed by atoms with Gasteiger partial charge in [-0.3, -0.25) is 0 Å². The van der Waals surface area contributed by atoms with Crippen molar-refractivity contribution in [3.8, 4) is 0 Å². The maximum absolute atomic E-state index is 2.50. The summed E-state index contributed by atoms with van der Waals surface area (Å²) in [7, 11) is 2.25. The van der Waals surface area contributed by atoms with Crippen molar-refractivity contribution in [3.05, 3.63) is 0 Å². The van der Waals surface area contributed by atoms with Gasteiger partial charge in [0.15, 0.2) is 0 Å². The second-order valence-electron chi connectivity index (χ2n) is 4.17. The Bertz CT molecular complexity index is 99.2. The fraction of sp³-hybridized carbons (Fsp3) is 1.00. The molecule has 0 saturated carbocycles. The minimum Gasteiger partial charge on any atom is -0.303 e. The van der Waals surface area contributed by atoms with Crippen LogP contribution in [0.5, 0.6) is 0 Å². The van der Waals surface area contributed by atoms with Gasteiger partial charge in [0.2, 0.25) is 0 Å². The first-order chi connectivity index (χ1) is 5.61. The Labute approximate surface area is 78.1 Å². The van der Waals surface area contributed by atoms with Crippen LogP contribution in [0.15, 0.2) is 0 Å². The molecule has 12 heavy (non-hydrogen) atoms. The lowest BCUT2D eigenvalue weighted by Crippen LogP contribution is -2.32. The number of hydrogen-bond acceptors (Lipinski definition) is 1. The van der Waals surface area contributed by atoms with Crippen LogP contribution in [0.2, 0.25) is 0 Å². The van der Waals surface area contributed by atoms with Crippen molar-refractivity contribution in [1.82, 2.24) is 4.90 Å². The Kier molecular flexibility index (Phi) is 6.45. The van der Waals surface area contributed by atoms with Gasteiger partial charge in [0, 0.05) is 6.04 Å². The minimum atomic E-state index is 0.796. The first kappa shape index (κ1) is 12.0. The van der Waals surface area contributed by atoms with Crippen molar-refractivity contribution in [2.24, 2.45) is 5.92 Å². The average Bonchev–Trinajstić information content (AvgIpc) is 2.00. The maximum Gasteiger partial charge on any atom is 0.00920 e. The summed E-state index contributed by atoms with van der Waals surface area (Å²) in [6, 6.07) is 0.796. The van der Waals surface area contributed by atoms with Crippen molar-refractivity contribution in [2.75, 3.05) is 13.6 Å². The molecule has 74 valence electrons. The van der Waals surface area contributed by atoms with E-state index in [0.29, 0.717) is 0 Å². The van der Waals surface area contributed by atoms with Gasteiger partial charge >= 0.3 is 0 Å². The highest BCUT2D eigenvalue weighted by molar-refractivity contribution is 4.68. The molecule has 1 heteroatoms. The molecule has 0 bridgehead atoms. The average molecular weight is 171 g/mol. The lowest BCUT2D eigenvalue weighted by atomic mass is 10.0. The van der Waals surface area contributed by atoms with E-state index < -0.39 is 0 Å². The van der Waals surface area contributed by atoms with Crippen LogP contribution in [0, 0.1) is 5.92 Å². The van der Waals surface area contributed by atoms with E-state index in [2.05, 4.69) is 39.6 Å². The largest absolute Gasteiger partial charge is 0.303 e. The van der Waals surface area contributed by atoms with Crippen molar-refractivity contribution in [3.63, 3.8) is 0 Å². The van der Waals surface area contributed by atoms with E-state index in [1.54, 1.807) is 0 Å². The fourth-order valence-electron chi connectivity index (χ4n) is 1.74. The van der Waals surface area contributed by atoms with Gasteiger partial charge in [0.25, 0.3) is 0 Å². The Hall–Kier alpha value is -0.0400. The molecule has 0 fully saturated rings. The predicted octanol–water partition coefficient (Wildman–Crippen LogP) is 3.15. The Morgan fingerprint density at radius 1 is 1.17 bits per heavy atom. The molecule has 0 aliphatic heterocycles. The molecule has 0 amide bonds. The van der Waals surface area contributed by atoms with E-state index in [4.69, 9.17) is 0 Å². The van der Waals surface area contributed by atoms with Crippen LogP contribution >= 0.6 is 0 Å². The van der Waals surface area contributed by atoms with E-state index >= 15 is 0 Å². The molecule has 0 radical (unpaired) electrons. The summed E-state index contributed by atoms with van der Waals surface area (Å²) in [5.41, 5.74) is 0. The van der Waals surface area contributed by atoms with Crippen LogP contribution in [0.25, 0.3) is 0 Å². The van der Waals surface area contributed by atoms with E-state index in [-0.39, 0.29) is 0 Å². The van der Waals surface area contributed by atoms with Crippen LogP contribution in [-0.4, -0.2) is 24.5 Å². The van der Waals surface area contributed by atoms with Crippen LogP contribution in [-0.2, 0) is 0 Å². The highest BCUT2D eigenvalue weighted by Gasteiger charge is 2.12. The third-order valence-electron chi connectivity index (χ3n) is 2.41. The fourth-order valence-corrected chi connectivity index (χ4v) is 1.74. The molecule has 0 aliphatic rings. The quantitative estimate of drug-likeness (QED) is 0.593. The second kappa shape index (κ2) is 6.47. The standard InChI is InChI=1S/C11H25N/c1-6-8-12(5)11(7-2)9-10(3)4/h10-11H,6-9H2,1-5H3. The van der Waals surface area contributed by atoms with Gasteiger partial charge in [-0.1, -0.05) is 27.7 Å². The van der Waals surface area contributed by atoms with Crippen molar-refractivity contribution < 1.29 is 0 Å². The summed E-state index contributed by atoms with van der Waals surface area (Å²) in [5, 5.41) is 0. The van der Waals surface area contributed by atoms with Gasteiger partial charge in [0.05, 0.1) is 0 Å². The first-order valence-electron chi connectivity index (χ1n) is 5.32. The second-order valence-corrected chi connectivity index (χ2v) is 4.17. The Morgan fingerprint density at radius 3 is 2.08 bits per heavy atom. The van der Waals surface area contributed by atoms with Gasteiger partial charge in [-0.05, 0) is 38.8 Å². The molecule has 0 heterocycles. The topological polar surface area (TPSA) is 3.24 Å². The molecule has 0 N–H and O–H groups in total. The van der Waals surface area contributed by atoms with Crippen molar-refractivity contribution >= 4 is 0 Å². The van der Waals surface area contributed by atoms with Crippen molar-refractivity contribution in [2.45, 2.75) is 53.0 Å². The molecule has 1 atom stereocenters. The number of nitrogens with zero attached hydrogens (tertiary/aromatic N) is 1. The van der Waals surface area contributed by atoms with E-state index in [1.165, 1.54) is 25.8 Å². The molecule has 0 aromatic rings. The monoisotopic (exact) mass is 171 g/mol. The van der Waals surface area contributed by atoms with E-state index in [9.17, 15) is 0 Å². The molecule has 0 spiro atoms. The molecule has 1 unspecified atom stereocenters. The zero-order valence-corrected chi connectivity index (χ0v) is 9.43. The third kappa shape index (κ3) is 4.76. The SMILES string of the molecule is CCCN(C)C(CC)CC(C)C. The van der Waals surface area contributed by atoms with Gasteiger partial charge in [-0.15, -0.1) is 0 Å².